The van der Waals surface area contributed by atoms with Crippen molar-refractivity contribution in [1.29, 1.82) is 0 Å². The van der Waals surface area contributed by atoms with Gasteiger partial charge in [0, 0.05) is 0 Å². The van der Waals surface area contributed by atoms with Crippen molar-refractivity contribution in [3.63, 3.8) is 0 Å². The van der Waals surface area contributed by atoms with Crippen molar-refractivity contribution in [1.82, 2.24) is 0 Å². The van der Waals surface area contributed by atoms with Crippen LogP contribution in [0.1, 0.15) is 12.0 Å². The molecule has 0 aromatic heterocycles. The van der Waals surface area contributed by atoms with Crippen LogP contribution >= 0.6 is 0 Å². The number of hydrogen-bond acceptors (Lipinski definition) is 5. The second kappa shape index (κ2) is 7.87. The first kappa shape index (κ1) is 17.1. The molecule has 5 nitrogen and oxygen atoms in total. The molecule has 6 heteroatoms. The zero-order valence-electron chi connectivity index (χ0n) is 13.2. The molecule has 0 saturated carbocycles. The van der Waals surface area contributed by atoms with Gasteiger partial charge in [0.1, 0.15) is 0 Å². The standard InChI is InChI=1S/C17H20O5S/c1-20-15-11-6-12-16(17(15)21-2)22-23(18,19)13-7-10-14-8-4-3-5-9-14/h3-6,8-9,11-12H,7,10,13H2,1-2H3. The van der Waals surface area contributed by atoms with Crippen LogP contribution in [0.5, 0.6) is 17.2 Å². The first-order chi connectivity index (χ1) is 11.1. The van der Waals surface area contributed by atoms with Crippen molar-refractivity contribution in [3.8, 4) is 17.2 Å². The molecule has 23 heavy (non-hydrogen) atoms. The van der Waals surface area contributed by atoms with Gasteiger partial charge in [-0.05, 0) is 30.5 Å². The molecule has 0 fully saturated rings. The summed E-state index contributed by atoms with van der Waals surface area (Å²) >= 11 is 0. The minimum Gasteiger partial charge on any atom is -0.493 e. The number of para-hydroxylation sites is 1. The third kappa shape index (κ3) is 4.89. The summed E-state index contributed by atoms with van der Waals surface area (Å²) in [6.45, 7) is 0. The summed E-state index contributed by atoms with van der Waals surface area (Å²) < 4.78 is 39.8. The van der Waals surface area contributed by atoms with E-state index in [4.69, 9.17) is 13.7 Å². The van der Waals surface area contributed by atoms with Gasteiger partial charge in [-0.2, -0.15) is 8.42 Å². The van der Waals surface area contributed by atoms with Crippen molar-refractivity contribution in [2.24, 2.45) is 0 Å². The Morgan fingerprint density at radius 2 is 1.57 bits per heavy atom. The van der Waals surface area contributed by atoms with Gasteiger partial charge in [-0.3, -0.25) is 0 Å². The molecule has 0 radical (unpaired) electrons. The van der Waals surface area contributed by atoms with E-state index in [-0.39, 0.29) is 17.3 Å². The fourth-order valence-electron chi connectivity index (χ4n) is 2.20. The number of rotatable bonds is 8. The Morgan fingerprint density at radius 3 is 2.22 bits per heavy atom. The molecule has 0 unspecified atom stereocenters. The summed E-state index contributed by atoms with van der Waals surface area (Å²) in [5.41, 5.74) is 1.10. The van der Waals surface area contributed by atoms with Crippen LogP contribution in [0.15, 0.2) is 48.5 Å². The van der Waals surface area contributed by atoms with E-state index in [1.54, 1.807) is 12.1 Å². The molecule has 0 aliphatic heterocycles. The maximum atomic E-state index is 12.1. The van der Waals surface area contributed by atoms with Crippen molar-refractivity contribution in [2.75, 3.05) is 20.0 Å². The summed E-state index contributed by atoms with van der Waals surface area (Å²) in [5.74, 6) is 0.750. The SMILES string of the molecule is COc1cccc(OS(=O)(=O)CCCc2ccccc2)c1OC. The van der Waals surface area contributed by atoms with Gasteiger partial charge in [0.05, 0.1) is 20.0 Å². The van der Waals surface area contributed by atoms with E-state index in [0.29, 0.717) is 18.6 Å². The Hall–Kier alpha value is -2.21. The highest BCUT2D eigenvalue weighted by molar-refractivity contribution is 7.87. The zero-order chi connectivity index (χ0) is 16.7. The molecule has 0 N–H and O–H groups in total. The zero-order valence-corrected chi connectivity index (χ0v) is 14.0. The van der Waals surface area contributed by atoms with Gasteiger partial charge in [-0.1, -0.05) is 36.4 Å². The summed E-state index contributed by atoms with van der Waals surface area (Å²) in [5, 5.41) is 0. The van der Waals surface area contributed by atoms with Gasteiger partial charge >= 0.3 is 10.1 Å². The van der Waals surface area contributed by atoms with Crippen molar-refractivity contribution >= 4 is 10.1 Å². The molecule has 0 amide bonds. The molecular formula is C17H20O5S. The van der Waals surface area contributed by atoms with Crippen molar-refractivity contribution < 1.29 is 22.1 Å². The maximum Gasteiger partial charge on any atom is 0.309 e. The van der Waals surface area contributed by atoms with E-state index in [1.165, 1.54) is 20.3 Å². The molecule has 2 aromatic rings. The largest absolute Gasteiger partial charge is 0.493 e. The topological polar surface area (TPSA) is 61.8 Å². The average molecular weight is 336 g/mol. The van der Waals surface area contributed by atoms with Crippen molar-refractivity contribution in [2.45, 2.75) is 12.8 Å². The second-order valence-corrected chi connectivity index (χ2v) is 6.62. The maximum absolute atomic E-state index is 12.1. The number of aryl methyl sites for hydroxylation is 1. The highest BCUT2D eigenvalue weighted by Gasteiger charge is 2.18. The Morgan fingerprint density at radius 1 is 0.870 bits per heavy atom. The lowest BCUT2D eigenvalue weighted by molar-refractivity contribution is 0.343. The van der Waals surface area contributed by atoms with E-state index < -0.39 is 10.1 Å². The number of benzene rings is 2. The van der Waals surface area contributed by atoms with Gasteiger partial charge < -0.3 is 13.7 Å². The summed E-state index contributed by atoms with van der Waals surface area (Å²) in [6.07, 6.45) is 1.16. The van der Waals surface area contributed by atoms with Gasteiger partial charge in [0.15, 0.2) is 11.5 Å². The number of ether oxygens (including phenoxy) is 2. The molecule has 0 bridgehead atoms. The highest BCUT2D eigenvalue weighted by Crippen LogP contribution is 2.37. The van der Waals surface area contributed by atoms with E-state index >= 15 is 0 Å². The lowest BCUT2D eigenvalue weighted by atomic mass is 10.1. The van der Waals surface area contributed by atoms with Crippen LogP contribution in [-0.2, 0) is 16.5 Å². The minimum atomic E-state index is -3.70. The Kier molecular flexibility index (Phi) is 5.87. The predicted octanol–water partition coefficient (Wildman–Crippen LogP) is 3.05. The third-order valence-corrected chi connectivity index (χ3v) is 4.51. The first-order valence-corrected chi connectivity index (χ1v) is 8.80. The molecule has 2 rings (SSSR count). The Bertz CT molecular complexity index is 726. The first-order valence-electron chi connectivity index (χ1n) is 7.23. The minimum absolute atomic E-state index is 0.0672. The smallest absolute Gasteiger partial charge is 0.309 e. The average Bonchev–Trinajstić information content (AvgIpc) is 2.55. The summed E-state index contributed by atoms with van der Waals surface area (Å²) in [4.78, 5) is 0. The quantitative estimate of drug-likeness (QED) is 0.693. The number of methoxy groups -OCH3 is 2. The third-order valence-electron chi connectivity index (χ3n) is 3.29. The fourth-order valence-corrected chi connectivity index (χ4v) is 3.19. The Balaban J connectivity index is 2.01. The molecule has 0 saturated heterocycles. The van der Waals surface area contributed by atoms with Crippen LogP contribution in [0, 0.1) is 0 Å². The normalized spacial score (nSPS) is 11.0. The molecule has 0 aliphatic carbocycles. The van der Waals surface area contributed by atoms with Crippen LogP contribution in [0.4, 0.5) is 0 Å². The number of hydrogen-bond donors (Lipinski definition) is 0. The highest BCUT2D eigenvalue weighted by atomic mass is 32.2. The van der Waals surface area contributed by atoms with E-state index in [0.717, 1.165) is 5.56 Å². The van der Waals surface area contributed by atoms with Gasteiger partial charge in [-0.15, -0.1) is 0 Å². The van der Waals surface area contributed by atoms with Crippen LogP contribution in [0.3, 0.4) is 0 Å². The summed E-state index contributed by atoms with van der Waals surface area (Å²) in [6, 6.07) is 14.6. The van der Waals surface area contributed by atoms with E-state index in [9.17, 15) is 8.42 Å². The predicted molar refractivity (Wildman–Crippen MR) is 88.7 cm³/mol. The molecular weight excluding hydrogens is 316 g/mol. The summed E-state index contributed by atoms with van der Waals surface area (Å²) in [7, 11) is -0.779. The fraction of sp³-hybridized carbons (Fsp3) is 0.294. The lowest BCUT2D eigenvalue weighted by Crippen LogP contribution is -2.15. The van der Waals surface area contributed by atoms with Crippen LogP contribution < -0.4 is 13.7 Å². The monoisotopic (exact) mass is 336 g/mol. The van der Waals surface area contributed by atoms with E-state index in [1.807, 2.05) is 30.3 Å². The van der Waals surface area contributed by atoms with Gasteiger partial charge in [0.25, 0.3) is 0 Å². The second-order valence-electron chi connectivity index (χ2n) is 4.93. The van der Waals surface area contributed by atoms with E-state index in [2.05, 4.69) is 0 Å². The van der Waals surface area contributed by atoms with Crippen LogP contribution in [-0.4, -0.2) is 28.4 Å². The molecule has 0 heterocycles. The molecule has 0 atom stereocenters. The van der Waals surface area contributed by atoms with Crippen LogP contribution in [0.2, 0.25) is 0 Å². The van der Waals surface area contributed by atoms with Gasteiger partial charge in [0.2, 0.25) is 5.75 Å². The van der Waals surface area contributed by atoms with Crippen molar-refractivity contribution in [3.05, 3.63) is 54.1 Å². The van der Waals surface area contributed by atoms with Crippen LogP contribution in [0.25, 0.3) is 0 Å². The molecule has 124 valence electrons. The molecule has 0 aliphatic rings. The molecule has 2 aromatic carbocycles. The molecule has 0 spiro atoms. The Labute approximate surface area is 136 Å². The lowest BCUT2D eigenvalue weighted by Gasteiger charge is -2.13. The van der Waals surface area contributed by atoms with Gasteiger partial charge in [-0.25, -0.2) is 0 Å².